The zero-order valence-corrected chi connectivity index (χ0v) is 16.7. The summed E-state index contributed by atoms with van der Waals surface area (Å²) < 4.78 is 6.21. The third-order valence-corrected chi connectivity index (χ3v) is 8.15. The molecule has 1 aromatic rings. The molecule has 1 saturated carbocycles. The van der Waals surface area contributed by atoms with E-state index in [0.717, 1.165) is 24.5 Å². The second kappa shape index (κ2) is 9.77. The van der Waals surface area contributed by atoms with Crippen molar-refractivity contribution >= 4 is 29.4 Å². The SMILES string of the molecule is CCC1CCC(NC(=O)COc2ccc(C3SCCCS3)cc2)CC1. The number of amides is 1. The molecule has 138 valence electrons. The van der Waals surface area contributed by atoms with Crippen LogP contribution in [0.15, 0.2) is 24.3 Å². The molecule has 1 N–H and O–H groups in total. The lowest BCUT2D eigenvalue weighted by Gasteiger charge is -2.28. The van der Waals surface area contributed by atoms with Gasteiger partial charge in [0.25, 0.3) is 5.91 Å². The predicted molar refractivity (Wildman–Crippen MR) is 108 cm³/mol. The number of rotatable bonds is 6. The standard InChI is InChI=1S/C20H29NO2S2/c1-2-15-4-8-17(9-5-15)21-19(22)14-23-18-10-6-16(7-11-18)20-24-12-3-13-25-20/h6-7,10-11,15,17,20H,2-5,8-9,12-14H2,1H3,(H,21,22). The van der Waals surface area contributed by atoms with Gasteiger partial charge in [0.2, 0.25) is 0 Å². The van der Waals surface area contributed by atoms with E-state index in [0.29, 0.717) is 10.6 Å². The van der Waals surface area contributed by atoms with Crippen LogP contribution in [0.5, 0.6) is 5.75 Å². The minimum absolute atomic E-state index is 0.00224. The summed E-state index contributed by atoms with van der Waals surface area (Å²) in [5.41, 5.74) is 1.35. The molecule has 1 amide bonds. The Hall–Kier alpha value is -0.810. The summed E-state index contributed by atoms with van der Waals surface area (Å²) in [7, 11) is 0. The predicted octanol–water partition coefficient (Wildman–Crippen LogP) is 5.02. The molecule has 1 heterocycles. The van der Waals surface area contributed by atoms with Gasteiger partial charge in [-0.15, -0.1) is 23.5 Å². The summed E-state index contributed by atoms with van der Waals surface area (Å²) >= 11 is 4.04. The van der Waals surface area contributed by atoms with Crippen LogP contribution in [0.25, 0.3) is 0 Å². The first-order valence-corrected chi connectivity index (χ1v) is 11.6. The van der Waals surface area contributed by atoms with Crippen LogP contribution in [0.3, 0.4) is 0 Å². The first kappa shape index (κ1) is 19.0. The minimum atomic E-state index is 0.00224. The van der Waals surface area contributed by atoms with E-state index in [4.69, 9.17) is 4.74 Å². The third-order valence-electron chi connectivity index (χ3n) is 5.14. The number of carbonyl (C=O) groups excluding carboxylic acids is 1. The Labute approximate surface area is 160 Å². The van der Waals surface area contributed by atoms with Crippen LogP contribution in [-0.4, -0.2) is 30.1 Å². The van der Waals surface area contributed by atoms with Crippen molar-refractivity contribution in [1.82, 2.24) is 5.32 Å². The lowest BCUT2D eigenvalue weighted by atomic mass is 9.84. The Morgan fingerprint density at radius 1 is 1.12 bits per heavy atom. The van der Waals surface area contributed by atoms with Gasteiger partial charge < -0.3 is 10.1 Å². The van der Waals surface area contributed by atoms with Gasteiger partial charge in [-0.2, -0.15) is 0 Å². The van der Waals surface area contributed by atoms with Gasteiger partial charge in [-0.3, -0.25) is 4.79 Å². The number of nitrogens with one attached hydrogen (secondary N) is 1. The number of hydrogen-bond acceptors (Lipinski definition) is 4. The van der Waals surface area contributed by atoms with Crippen molar-refractivity contribution in [2.24, 2.45) is 5.92 Å². The van der Waals surface area contributed by atoms with Gasteiger partial charge in [0.15, 0.2) is 6.61 Å². The summed E-state index contributed by atoms with van der Waals surface area (Å²) in [6.45, 7) is 2.37. The van der Waals surface area contributed by atoms with E-state index in [-0.39, 0.29) is 12.5 Å². The fourth-order valence-electron chi connectivity index (χ4n) is 3.53. The van der Waals surface area contributed by atoms with Crippen LogP contribution in [-0.2, 0) is 4.79 Å². The maximum atomic E-state index is 12.1. The highest BCUT2D eigenvalue weighted by atomic mass is 32.2. The summed E-state index contributed by atoms with van der Waals surface area (Å²) in [6, 6.07) is 8.58. The molecule has 3 nitrogen and oxygen atoms in total. The smallest absolute Gasteiger partial charge is 0.258 e. The van der Waals surface area contributed by atoms with Crippen molar-refractivity contribution < 1.29 is 9.53 Å². The average molecular weight is 380 g/mol. The summed E-state index contributed by atoms with van der Waals surface area (Å²) in [5.74, 6) is 4.12. The molecule has 2 aliphatic rings. The molecule has 25 heavy (non-hydrogen) atoms. The van der Waals surface area contributed by atoms with Gasteiger partial charge in [0.05, 0.1) is 4.58 Å². The number of carbonyl (C=O) groups is 1. The van der Waals surface area contributed by atoms with E-state index in [1.807, 2.05) is 35.7 Å². The maximum absolute atomic E-state index is 12.1. The van der Waals surface area contributed by atoms with E-state index < -0.39 is 0 Å². The molecular formula is C20H29NO2S2. The van der Waals surface area contributed by atoms with Gasteiger partial charge in [-0.25, -0.2) is 0 Å². The fourth-order valence-corrected chi connectivity index (χ4v) is 6.43. The molecule has 0 bridgehead atoms. The van der Waals surface area contributed by atoms with E-state index in [1.165, 1.54) is 42.8 Å². The number of thioether (sulfide) groups is 2. The van der Waals surface area contributed by atoms with Crippen LogP contribution in [0, 0.1) is 5.92 Å². The van der Waals surface area contributed by atoms with Crippen LogP contribution < -0.4 is 10.1 Å². The molecule has 5 heteroatoms. The highest BCUT2D eigenvalue weighted by Crippen LogP contribution is 2.43. The monoisotopic (exact) mass is 379 g/mol. The average Bonchev–Trinajstić information content (AvgIpc) is 2.68. The lowest BCUT2D eigenvalue weighted by Crippen LogP contribution is -2.40. The lowest BCUT2D eigenvalue weighted by molar-refractivity contribution is -0.124. The van der Waals surface area contributed by atoms with E-state index >= 15 is 0 Å². The van der Waals surface area contributed by atoms with Crippen LogP contribution >= 0.6 is 23.5 Å². The van der Waals surface area contributed by atoms with Crippen molar-refractivity contribution in [3.8, 4) is 5.75 Å². The van der Waals surface area contributed by atoms with Crippen molar-refractivity contribution in [3.05, 3.63) is 29.8 Å². The van der Waals surface area contributed by atoms with Gasteiger partial charge in [-0.05, 0) is 67.2 Å². The minimum Gasteiger partial charge on any atom is -0.484 e. The molecule has 0 atom stereocenters. The molecule has 0 aromatic heterocycles. The molecule has 1 saturated heterocycles. The molecule has 1 aliphatic heterocycles. The molecule has 0 spiro atoms. The van der Waals surface area contributed by atoms with Crippen LogP contribution in [0.4, 0.5) is 0 Å². The normalized spacial score (nSPS) is 24.7. The quantitative estimate of drug-likeness (QED) is 0.753. The third kappa shape index (κ3) is 5.85. The van der Waals surface area contributed by atoms with Gasteiger partial charge in [0.1, 0.15) is 5.75 Å². The molecular weight excluding hydrogens is 350 g/mol. The van der Waals surface area contributed by atoms with E-state index in [1.54, 1.807) is 0 Å². The first-order chi connectivity index (χ1) is 12.2. The molecule has 2 fully saturated rings. The van der Waals surface area contributed by atoms with Gasteiger partial charge in [-0.1, -0.05) is 25.5 Å². The van der Waals surface area contributed by atoms with E-state index in [9.17, 15) is 4.79 Å². The summed E-state index contributed by atoms with van der Waals surface area (Å²) in [5, 5.41) is 3.13. The zero-order valence-electron chi connectivity index (χ0n) is 15.0. The Bertz CT molecular complexity index is 535. The number of hydrogen-bond donors (Lipinski definition) is 1. The summed E-state index contributed by atoms with van der Waals surface area (Å²) in [6.07, 6.45) is 7.26. The topological polar surface area (TPSA) is 38.3 Å². The number of ether oxygens (including phenoxy) is 1. The molecule has 0 unspecified atom stereocenters. The Balaban J connectivity index is 1.40. The first-order valence-electron chi connectivity index (χ1n) is 9.50. The van der Waals surface area contributed by atoms with E-state index in [2.05, 4.69) is 24.4 Å². The molecule has 1 aliphatic carbocycles. The van der Waals surface area contributed by atoms with Crippen molar-refractivity contribution in [1.29, 1.82) is 0 Å². The molecule has 0 radical (unpaired) electrons. The largest absolute Gasteiger partial charge is 0.484 e. The number of benzene rings is 1. The highest BCUT2D eigenvalue weighted by molar-refractivity contribution is 8.16. The van der Waals surface area contributed by atoms with Crippen molar-refractivity contribution in [2.75, 3.05) is 18.1 Å². The van der Waals surface area contributed by atoms with Gasteiger partial charge in [0, 0.05) is 6.04 Å². The molecule has 3 rings (SSSR count). The van der Waals surface area contributed by atoms with Crippen molar-refractivity contribution in [3.63, 3.8) is 0 Å². The molecule has 1 aromatic carbocycles. The maximum Gasteiger partial charge on any atom is 0.258 e. The Morgan fingerprint density at radius 2 is 1.80 bits per heavy atom. The second-order valence-electron chi connectivity index (χ2n) is 6.98. The summed E-state index contributed by atoms with van der Waals surface area (Å²) in [4.78, 5) is 12.1. The Morgan fingerprint density at radius 3 is 2.44 bits per heavy atom. The van der Waals surface area contributed by atoms with Crippen LogP contribution in [0.1, 0.15) is 55.6 Å². The van der Waals surface area contributed by atoms with Crippen LogP contribution in [0.2, 0.25) is 0 Å². The Kier molecular flexibility index (Phi) is 7.41. The van der Waals surface area contributed by atoms with Crippen molar-refractivity contribution in [2.45, 2.75) is 56.1 Å². The van der Waals surface area contributed by atoms with Gasteiger partial charge >= 0.3 is 0 Å². The fraction of sp³-hybridized carbons (Fsp3) is 0.650. The highest BCUT2D eigenvalue weighted by Gasteiger charge is 2.21. The second-order valence-corrected chi connectivity index (χ2v) is 9.70. The zero-order chi connectivity index (χ0) is 17.5.